The van der Waals surface area contributed by atoms with Gasteiger partial charge in [0.15, 0.2) is 0 Å². The van der Waals surface area contributed by atoms with Crippen LogP contribution in [0.5, 0.6) is 5.75 Å². The first kappa shape index (κ1) is 14.6. The predicted octanol–water partition coefficient (Wildman–Crippen LogP) is 2.27. The monoisotopic (exact) mass is 274 g/mol. The molecular weight excluding hydrogens is 252 g/mol. The Morgan fingerprint density at radius 3 is 2.55 bits per heavy atom. The van der Waals surface area contributed by atoms with E-state index in [0.29, 0.717) is 6.42 Å². The van der Waals surface area contributed by atoms with E-state index in [9.17, 15) is 5.11 Å². The Hall–Kier alpha value is -1.81. The van der Waals surface area contributed by atoms with Crippen molar-refractivity contribution in [3.63, 3.8) is 0 Å². The highest BCUT2D eigenvalue weighted by Gasteiger charge is 2.10. The first-order valence-electron chi connectivity index (χ1n) is 6.89. The minimum absolute atomic E-state index is 0.341. The highest BCUT2D eigenvalue weighted by Crippen LogP contribution is 2.14. The molecule has 1 heterocycles. The molecule has 0 saturated carbocycles. The van der Waals surface area contributed by atoms with Gasteiger partial charge in [-0.05, 0) is 43.5 Å². The summed E-state index contributed by atoms with van der Waals surface area (Å²) in [5.41, 5.74) is 3.28. The largest absolute Gasteiger partial charge is 0.497 e. The van der Waals surface area contributed by atoms with E-state index in [4.69, 9.17) is 4.74 Å². The summed E-state index contributed by atoms with van der Waals surface area (Å²) >= 11 is 0. The molecule has 0 fully saturated rings. The van der Waals surface area contributed by atoms with E-state index in [1.54, 1.807) is 7.11 Å². The fourth-order valence-electron chi connectivity index (χ4n) is 2.32. The second kappa shape index (κ2) is 6.57. The van der Waals surface area contributed by atoms with Gasteiger partial charge >= 0.3 is 0 Å². The van der Waals surface area contributed by atoms with Crippen molar-refractivity contribution >= 4 is 0 Å². The van der Waals surface area contributed by atoms with Crippen LogP contribution in [0.25, 0.3) is 0 Å². The van der Waals surface area contributed by atoms with E-state index in [-0.39, 0.29) is 6.10 Å². The number of aliphatic hydroxyl groups excluding tert-OH is 1. The average Bonchev–Trinajstić information content (AvgIpc) is 2.75. The van der Waals surface area contributed by atoms with Gasteiger partial charge in [-0.3, -0.25) is 4.68 Å². The summed E-state index contributed by atoms with van der Waals surface area (Å²) in [6.07, 6.45) is 1.92. The Kier molecular flexibility index (Phi) is 4.79. The summed E-state index contributed by atoms with van der Waals surface area (Å²) in [7, 11) is 3.58. The summed E-state index contributed by atoms with van der Waals surface area (Å²) < 4.78 is 6.97. The highest BCUT2D eigenvalue weighted by atomic mass is 16.5. The summed E-state index contributed by atoms with van der Waals surface area (Å²) in [6, 6.07) is 10.0. The van der Waals surface area contributed by atoms with Crippen LogP contribution in [0.3, 0.4) is 0 Å². The third kappa shape index (κ3) is 3.84. The van der Waals surface area contributed by atoms with E-state index in [0.717, 1.165) is 30.0 Å². The molecule has 4 nitrogen and oxygen atoms in total. The lowest BCUT2D eigenvalue weighted by Crippen LogP contribution is -2.14. The van der Waals surface area contributed by atoms with Gasteiger partial charge in [-0.2, -0.15) is 5.10 Å². The maximum Gasteiger partial charge on any atom is 0.118 e. The quantitative estimate of drug-likeness (QED) is 0.879. The number of aromatic nitrogens is 2. The Morgan fingerprint density at radius 2 is 2.00 bits per heavy atom. The highest BCUT2D eigenvalue weighted by molar-refractivity contribution is 5.27. The lowest BCUT2D eigenvalue weighted by molar-refractivity contribution is 0.163. The van der Waals surface area contributed by atoms with Gasteiger partial charge in [0, 0.05) is 19.2 Å². The van der Waals surface area contributed by atoms with Gasteiger partial charge in [0.05, 0.1) is 18.9 Å². The molecule has 108 valence electrons. The molecule has 0 spiro atoms. The van der Waals surface area contributed by atoms with E-state index in [2.05, 4.69) is 5.10 Å². The van der Waals surface area contributed by atoms with Crippen LogP contribution in [0.15, 0.2) is 30.3 Å². The molecule has 1 aromatic heterocycles. The maximum absolute atomic E-state index is 10.1. The second-order valence-corrected chi connectivity index (χ2v) is 5.15. The molecule has 0 saturated heterocycles. The first-order valence-corrected chi connectivity index (χ1v) is 6.89. The van der Waals surface area contributed by atoms with Gasteiger partial charge in [0.1, 0.15) is 5.75 Å². The van der Waals surface area contributed by atoms with Crippen molar-refractivity contribution in [2.45, 2.75) is 32.3 Å². The van der Waals surface area contributed by atoms with Crippen molar-refractivity contribution in [2.75, 3.05) is 7.11 Å². The Balaban J connectivity index is 1.85. The van der Waals surface area contributed by atoms with E-state index < -0.39 is 0 Å². The maximum atomic E-state index is 10.1. The van der Waals surface area contributed by atoms with Crippen LogP contribution < -0.4 is 4.74 Å². The van der Waals surface area contributed by atoms with Gasteiger partial charge in [-0.1, -0.05) is 12.1 Å². The third-order valence-corrected chi connectivity index (χ3v) is 3.47. The molecule has 0 aliphatic rings. The van der Waals surface area contributed by atoms with E-state index in [1.165, 1.54) is 5.56 Å². The van der Waals surface area contributed by atoms with Crippen LogP contribution in [0, 0.1) is 6.92 Å². The molecule has 1 unspecified atom stereocenters. The number of ether oxygens (including phenoxy) is 1. The fraction of sp³-hybridized carbons (Fsp3) is 0.438. The van der Waals surface area contributed by atoms with Gasteiger partial charge in [-0.15, -0.1) is 0 Å². The van der Waals surface area contributed by atoms with Crippen LogP contribution in [0.1, 0.15) is 23.4 Å². The molecule has 1 atom stereocenters. The lowest BCUT2D eigenvalue weighted by Gasteiger charge is -2.11. The number of nitrogens with zero attached hydrogens (tertiary/aromatic N) is 2. The van der Waals surface area contributed by atoms with Gasteiger partial charge in [0.2, 0.25) is 0 Å². The number of hydrogen-bond donors (Lipinski definition) is 1. The molecule has 4 heteroatoms. The van der Waals surface area contributed by atoms with Crippen molar-refractivity contribution in [3.05, 3.63) is 47.3 Å². The van der Waals surface area contributed by atoms with Gasteiger partial charge in [-0.25, -0.2) is 0 Å². The zero-order valence-corrected chi connectivity index (χ0v) is 12.3. The molecule has 0 radical (unpaired) electrons. The van der Waals surface area contributed by atoms with Crippen LogP contribution in [-0.4, -0.2) is 28.1 Å². The molecule has 1 aromatic carbocycles. The molecule has 2 rings (SSSR count). The van der Waals surface area contributed by atoms with Crippen molar-refractivity contribution in [2.24, 2.45) is 7.05 Å². The number of methoxy groups -OCH3 is 1. The minimum Gasteiger partial charge on any atom is -0.497 e. The molecule has 2 aromatic rings. The van der Waals surface area contributed by atoms with Crippen LogP contribution in [0.4, 0.5) is 0 Å². The standard InChI is InChI=1S/C16H22N2O2/c1-12-10-14(18(2)17-12)11-15(19)7-4-13-5-8-16(20-3)9-6-13/h5-6,8-10,15,19H,4,7,11H2,1-3H3. The lowest BCUT2D eigenvalue weighted by atomic mass is 10.0. The topological polar surface area (TPSA) is 47.3 Å². The predicted molar refractivity (Wildman–Crippen MR) is 79.0 cm³/mol. The Bertz CT molecular complexity index is 546. The summed E-state index contributed by atoms with van der Waals surface area (Å²) in [5, 5.41) is 14.4. The van der Waals surface area contributed by atoms with Crippen LogP contribution in [-0.2, 0) is 19.9 Å². The van der Waals surface area contributed by atoms with E-state index >= 15 is 0 Å². The fourth-order valence-corrected chi connectivity index (χ4v) is 2.32. The minimum atomic E-state index is -0.341. The summed E-state index contributed by atoms with van der Waals surface area (Å²) in [5.74, 6) is 0.861. The molecular formula is C16H22N2O2. The molecule has 0 bridgehead atoms. The Morgan fingerprint density at radius 1 is 1.30 bits per heavy atom. The number of hydrogen-bond acceptors (Lipinski definition) is 3. The average molecular weight is 274 g/mol. The number of aryl methyl sites for hydroxylation is 3. The van der Waals surface area contributed by atoms with Gasteiger partial charge in [0.25, 0.3) is 0 Å². The number of benzene rings is 1. The molecule has 0 amide bonds. The summed E-state index contributed by atoms with van der Waals surface area (Å²) in [6.45, 7) is 1.97. The zero-order chi connectivity index (χ0) is 14.5. The molecule has 0 aliphatic heterocycles. The number of rotatable bonds is 6. The van der Waals surface area contributed by atoms with Crippen molar-refractivity contribution in [1.82, 2.24) is 9.78 Å². The Labute approximate surface area is 120 Å². The third-order valence-electron chi connectivity index (χ3n) is 3.47. The van der Waals surface area contributed by atoms with Crippen molar-refractivity contribution in [3.8, 4) is 5.75 Å². The smallest absolute Gasteiger partial charge is 0.118 e. The van der Waals surface area contributed by atoms with Gasteiger partial charge < -0.3 is 9.84 Å². The SMILES string of the molecule is COc1ccc(CCC(O)Cc2cc(C)nn2C)cc1. The normalized spacial score (nSPS) is 12.4. The molecule has 0 aliphatic carbocycles. The first-order chi connectivity index (χ1) is 9.58. The molecule has 20 heavy (non-hydrogen) atoms. The zero-order valence-electron chi connectivity index (χ0n) is 12.3. The molecule has 1 N–H and O–H groups in total. The second-order valence-electron chi connectivity index (χ2n) is 5.15. The van der Waals surface area contributed by atoms with Crippen molar-refractivity contribution < 1.29 is 9.84 Å². The van der Waals surface area contributed by atoms with Crippen molar-refractivity contribution in [1.29, 1.82) is 0 Å². The van der Waals surface area contributed by atoms with Crippen LogP contribution >= 0.6 is 0 Å². The van der Waals surface area contributed by atoms with Crippen LogP contribution in [0.2, 0.25) is 0 Å². The summed E-state index contributed by atoms with van der Waals surface area (Å²) in [4.78, 5) is 0. The van der Waals surface area contributed by atoms with E-state index in [1.807, 2.05) is 49.0 Å². The number of aliphatic hydroxyl groups is 1.